The van der Waals surface area contributed by atoms with Gasteiger partial charge in [-0.25, -0.2) is 0 Å². The molecule has 1 unspecified atom stereocenters. The second kappa shape index (κ2) is 6.54. The van der Waals surface area contributed by atoms with Gasteiger partial charge in [-0.05, 0) is 18.9 Å². The molecule has 1 aromatic rings. The molecule has 19 heavy (non-hydrogen) atoms. The van der Waals surface area contributed by atoms with Crippen molar-refractivity contribution in [1.82, 2.24) is 4.90 Å². The fourth-order valence-electron chi connectivity index (χ4n) is 2.32. The molecule has 2 rings (SSSR count). The van der Waals surface area contributed by atoms with Crippen molar-refractivity contribution in [2.24, 2.45) is 10.9 Å². The maximum absolute atomic E-state index is 8.62. The van der Waals surface area contributed by atoms with E-state index in [0.29, 0.717) is 6.10 Å². The summed E-state index contributed by atoms with van der Waals surface area (Å²) < 4.78 is 5.63. The van der Waals surface area contributed by atoms with Crippen LogP contribution < -0.4 is 5.73 Å². The predicted molar refractivity (Wildman–Crippen MR) is 74.3 cm³/mol. The van der Waals surface area contributed by atoms with Gasteiger partial charge in [-0.2, -0.15) is 0 Å². The quantitative estimate of drug-likeness (QED) is 0.374. The summed E-state index contributed by atoms with van der Waals surface area (Å²) >= 11 is 0. The molecule has 0 bridgehead atoms. The molecule has 0 amide bonds. The lowest BCUT2D eigenvalue weighted by atomic mass is 10.1. The van der Waals surface area contributed by atoms with Crippen LogP contribution in [0.3, 0.4) is 0 Å². The number of nitrogens with zero attached hydrogens (tertiary/aromatic N) is 2. The molecular formula is C14H21N3O2. The second-order valence-corrected chi connectivity index (χ2v) is 4.95. The standard InChI is InChI=1S/C14H21N3O2/c1-11-9-17(7-2-8-19-11)10-12-3-5-13(6-4-12)14(15)16-18/h3-6,11,18H,2,7-10H2,1H3,(H2,15,16). The number of amidine groups is 1. The number of hydrogen-bond donors (Lipinski definition) is 2. The van der Waals surface area contributed by atoms with E-state index in [0.717, 1.165) is 38.2 Å². The zero-order valence-electron chi connectivity index (χ0n) is 11.2. The van der Waals surface area contributed by atoms with Gasteiger partial charge in [-0.15, -0.1) is 0 Å². The summed E-state index contributed by atoms with van der Waals surface area (Å²) in [5.41, 5.74) is 7.50. The summed E-state index contributed by atoms with van der Waals surface area (Å²) in [6.45, 7) is 5.89. The first-order chi connectivity index (χ1) is 9.19. The van der Waals surface area contributed by atoms with Crippen LogP contribution in [0.4, 0.5) is 0 Å². The lowest BCUT2D eigenvalue weighted by Gasteiger charge is -2.21. The number of rotatable bonds is 3. The summed E-state index contributed by atoms with van der Waals surface area (Å²) in [4.78, 5) is 2.40. The number of nitrogens with two attached hydrogens (primary N) is 1. The van der Waals surface area contributed by atoms with Crippen LogP contribution in [0, 0.1) is 0 Å². The highest BCUT2D eigenvalue weighted by Gasteiger charge is 2.15. The largest absolute Gasteiger partial charge is 0.409 e. The number of ether oxygens (including phenoxy) is 1. The van der Waals surface area contributed by atoms with Gasteiger partial charge < -0.3 is 15.7 Å². The van der Waals surface area contributed by atoms with E-state index in [4.69, 9.17) is 15.7 Å². The maximum Gasteiger partial charge on any atom is 0.170 e. The lowest BCUT2D eigenvalue weighted by Crippen LogP contribution is -2.29. The summed E-state index contributed by atoms with van der Waals surface area (Å²) in [6.07, 6.45) is 1.37. The summed E-state index contributed by atoms with van der Waals surface area (Å²) in [5.74, 6) is 0.142. The highest BCUT2D eigenvalue weighted by molar-refractivity contribution is 5.96. The molecule has 0 radical (unpaired) electrons. The van der Waals surface area contributed by atoms with Crippen LogP contribution in [-0.2, 0) is 11.3 Å². The minimum absolute atomic E-state index is 0.142. The van der Waals surface area contributed by atoms with Crippen LogP contribution in [0.5, 0.6) is 0 Å². The van der Waals surface area contributed by atoms with Gasteiger partial charge in [-0.1, -0.05) is 29.4 Å². The molecule has 1 atom stereocenters. The molecule has 5 heteroatoms. The Balaban J connectivity index is 1.98. The van der Waals surface area contributed by atoms with Crippen LogP contribution in [0.15, 0.2) is 29.4 Å². The van der Waals surface area contributed by atoms with E-state index >= 15 is 0 Å². The minimum Gasteiger partial charge on any atom is -0.409 e. The van der Waals surface area contributed by atoms with Crippen molar-refractivity contribution in [1.29, 1.82) is 0 Å². The van der Waals surface area contributed by atoms with Crippen LogP contribution in [0.1, 0.15) is 24.5 Å². The Hall–Kier alpha value is -1.59. The number of oxime groups is 1. The molecule has 1 fully saturated rings. The van der Waals surface area contributed by atoms with Crippen molar-refractivity contribution in [3.63, 3.8) is 0 Å². The lowest BCUT2D eigenvalue weighted by molar-refractivity contribution is 0.0668. The second-order valence-electron chi connectivity index (χ2n) is 4.95. The van der Waals surface area contributed by atoms with Gasteiger partial charge >= 0.3 is 0 Å². The molecule has 0 aliphatic carbocycles. The zero-order valence-corrected chi connectivity index (χ0v) is 11.2. The molecule has 5 nitrogen and oxygen atoms in total. The molecule has 3 N–H and O–H groups in total. The molecule has 0 saturated carbocycles. The first kappa shape index (κ1) is 13.8. The molecule has 1 aliphatic rings. The number of hydrogen-bond acceptors (Lipinski definition) is 4. The first-order valence-corrected chi connectivity index (χ1v) is 6.60. The highest BCUT2D eigenvalue weighted by atomic mass is 16.5. The summed E-state index contributed by atoms with van der Waals surface area (Å²) in [6, 6.07) is 7.79. The van der Waals surface area contributed by atoms with E-state index < -0.39 is 0 Å². The van der Waals surface area contributed by atoms with Gasteiger partial charge in [0.05, 0.1) is 6.10 Å². The molecular weight excluding hydrogens is 242 g/mol. The molecule has 1 saturated heterocycles. The van der Waals surface area contributed by atoms with Crippen LogP contribution in [0.2, 0.25) is 0 Å². The van der Waals surface area contributed by atoms with Crippen molar-refractivity contribution in [2.75, 3.05) is 19.7 Å². The van der Waals surface area contributed by atoms with E-state index in [1.165, 1.54) is 5.56 Å². The summed E-state index contributed by atoms with van der Waals surface area (Å²) in [5, 5.41) is 11.6. The predicted octanol–water partition coefficient (Wildman–Crippen LogP) is 1.39. The van der Waals surface area contributed by atoms with E-state index in [1.54, 1.807) is 0 Å². The van der Waals surface area contributed by atoms with E-state index in [1.807, 2.05) is 24.3 Å². The Bertz CT molecular complexity index is 431. The molecule has 104 valence electrons. The van der Waals surface area contributed by atoms with Gasteiger partial charge in [0.2, 0.25) is 0 Å². The molecule has 0 spiro atoms. The van der Waals surface area contributed by atoms with Gasteiger partial charge in [0.15, 0.2) is 5.84 Å². The first-order valence-electron chi connectivity index (χ1n) is 6.60. The van der Waals surface area contributed by atoms with Crippen molar-refractivity contribution in [3.8, 4) is 0 Å². The highest BCUT2D eigenvalue weighted by Crippen LogP contribution is 2.11. The number of benzene rings is 1. The summed E-state index contributed by atoms with van der Waals surface area (Å²) in [7, 11) is 0. The van der Waals surface area contributed by atoms with Crippen molar-refractivity contribution in [2.45, 2.75) is 26.0 Å². The van der Waals surface area contributed by atoms with Gasteiger partial charge in [-0.3, -0.25) is 4.90 Å². The Labute approximate surface area is 113 Å². The normalized spacial score (nSPS) is 22.2. The van der Waals surface area contributed by atoms with Gasteiger partial charge in [0.25, 0.3) is 0 Å². The molecule has 1 aromatic carbocycles. The maximum atomic E-state index is 8.62. The smallest absolute Gasteiger partial charge is 0.170 e. The topological polar surface area (TPSA) is 71.1 Å². The Kier molecular flexibility index (Phi) is 4.76. The average molecular weight is 263 g/mol. The van der Waals surface area contributed by atoms with Crippen LogP contribution in [-0.4, -0.2) is 41.7 Å². The van der Waals surface area contributed by atoms with Crippen molar-refractivity contribution >= 4 is 5.84 Å². The molecule has 0 aromatic heterocycles. The zero-order chi connectivity index (χ0) is 13.7. The molecule has 1 aliphatic heterocycles. The third-order valence-corrected chi connectivity index (χ3v) is 3.30. The Morgan fingerprint density at radius 1 is 1.47 bits per heavy atom. The monoisotopic (exact) mass is 263 g/mol. The van der Waals surface area contributed by atoms with Gasteiger partial charge in [0.1, 0.15) is 0 Å². The van der Waals surface area contributed by atoms with Gasteiger partial charge in [0, 0.05) is 31.8 Å². The van der Waals surface area contributed by atoms with Crippen molar-refractivity contribution in [3.05, 3.63) is 35.4 Å². The van der Waals surface area contributed by atoms with E-state index in [9.17, 15) is 0 Å². The minimum atomic E-state index is 0.142. The molecule has 1 heterocycles. The van der Waals surface area contributed by atoms with E-state index in [-0.39, 0.29) is 5.84 Å². The fourth-order valence-corrected chi connectivity index (χ4v) is 2.32. The third-order valence-electron chi connectivity index (χ3n) is 3.30. The van der Waals surface area contributed by atoms with Crippen LogP contribution >= 0.6 is 0 Å². The third kappa shape index (κ3) is 3.94. The van der Waals surface area contributed by atoms with E-state index in [2.05, 4.69) is 17.0 Å². The Morgan fingerprint density at radius 2 is 2.21 bits per heavy atom. The van der Waals surface area contributed by atoms with Crippen LogP contribution in [0.25, 0.3) is 0 Å². The fraction of sp³-hybridized carbons (Fsp3) is 0.500. The SMILES string of the molecule is CC1CN(Cc2ccc(C(N)=NO)cc2)CCCO1. The Morgan fingerprint density at radius 3 is 2.89 bits per heavy atom. The average Bonchev–Trinajstić information content (AvgIpc) is 2.63. The van der Waals surface area contributed by atoms with Crippen molar-refractivity contribution < 1.29 is 9.94 Å².